The maximum atomic E-state index is 6.24. The van der Waals surface area contributed by atoms with Gasteiger partial charge in [-0.1, -0.05) is 41.9 Å². The maximum Gasteiger partial charge on any atom is 0.141 e. The summed E-state index contributed by atoms with van der Waals surface area (Å²) in [6, 6.07) is 10.6. The topological polar surface area (TPSA) is 29.0 Å². The van der Waals surface area contributed by atoms with Crippen molar-refractivity contribution in [3.63, 3.8) is 0 Å². The maximum absolute atomic E-state index is 6.24. The fraction of sp³-hybridized carbons (Fsp3) is 0.250. The fourth-order valence-electron chi connectivity index (χ4n) is 2.92. The number of aromatic nitrogens is 2. The van der Waals surface area contributed by atoms with E-state index >= 15 is 0 Å². The van der Waals surface area contributed by atoms with E-state index in [1.807, 2.05) is 0 Å². The molecule has 5 heteroatoms. The highest BCUT2D eigenvalue weighted by molar-refractivity contribution is 7.19. The lowest BCUT2D eigenvalue weighted by Crippen LogP contribution is -2.29. The standard InChI is InChI=1S/C16H14ClN3S/c17-15-14-12-6-7-20(8-11-4-2-1-3-5-11)9-13(12)21-16(14)19-10-18-15/h1-5,10H,6-9H2. The molecule has 0 spiro atoms. The van der Waals surface area contributed by atoms with Crippen LogP contribution < -0.4 is 0 Å². The van der Waals surface area contributed by atoms with E-state index in [0.717, 1.165) is 36.3 Å². The highest BCUT2D eigenvalue weighted by Crippen LogP contribution is 2.37. The van der Waals surface area contributed by atoms with E-state index in [9.17, 15) is 0 Å². The first-order valence-electron chi connectivity index (χ1n) is 6.98. The monoisotopic (exact) mass is 315 g/mol. The van der Waals surface area contributed by atoms with Gasteiger partial charge in [-0.3, -0.25) is 4.90 Å². The van der Waals surface area contributed by atoms with Crippen LogP contribution in [0.4, 0.5) is 0 Å². The average Bonchev–Trinajstić information content (AvgIpc) is 2.87. The Bertz CT molecular complexity index is 785. The molecule has 0 N–H and O–H groups in total. The van der Waals surface area contributed by atoms with E-state index in [2.05, 4.69) is 45.2 Å². The molecule has 3 heterocycles. The molecule has 1 aliphatic heterocycles. The fourth-order valence-corrected chi connectivity index (χ4v) is 4.45. The lowest BCUT2D eigenvalue weighted by Gasteiger charge is -2.26. The van der Waals surface area contributed by atoms with E-state index in [1.54, 1.807) is 17.7 Å². The molecule has 0 bridgehead atoms. The van der Waals surface area contributed by atoms with Crippen molar-refractivity contribution in [3.8, 4) is 0 Å². The van der Waals surface area contributed by atoms with Gasteiger partial charge in [0.2, 0.25) is 0 Å². The number of fused-ring (bicyclic) bond motifs is 3. The summed E-state index contributed by atoms with van der Waals surface area (Å²) in [6.07, 6.45) is 2.57. The van der Waals surface area contributed by atoms with Gasteiger partial charge in [0.25, 0.3) is 0 Å². The van der Waals surface area contributed by atoms with Crippen molar-refractivity contribution < 1.29 is 0 Å². The molecule has 0 saturated carbocycles. The number of rotatable bonds is 2. The van der Waals surface area contributed by atoms with Crippen LogP contribution in [0.5, 0.6) is 0 Å². The minimum absolute atomic E-state index is 0.592. The number of halogens is 1. The highest BCUT2D eigenvalue weighted by atomic mass is 35.5. The van der Waals surface area contributed by atoms with Crippen LogP contribution in [0.2, 0.25) is 5.15 Å². The first-order valence-corrected chi connectivity index (χ1v) is 8.18. The third-order valence-electron chi connectivity index (χ3n) is 3.92. The predicted molar refractivity (Wildman–Crippen MR) is 86.7 cm³/mol. The Balaban J connectivity index is 1.63. The average molecular weight is 316 g/mol. The Morgan fingerprint density at radius 3 is 2.90 bits per heavy atom. The number of thiophene rings is 1. The van der Waals surface area contributed by atoms with Gasteiger partial charge in [0.15, 0.2) is 0 Å². The first-order chi connectivity index (χ1) is 10.3. The Kier molecular flexibility index (Phi) is 3.37. The Labute approximate surface area is 132 Å². The van der Waals surface area contributed by atoms with Crippen molar-refractivity contribution in [1.29, 1.82) is 0 Å². The summed E-state index contributed by atoms with van der Waals surface area (Å²) in [6.45, 7) is 3.02. The van der Waals surface area contributed by atoms with Gasteiger partial charge in [-0.2, -0.15) is 0 Å². The molecular weight excluding hydrogens is 302 g/mol. The molecule has 0 fully saturated rings. The van der Waals surface area contributed by atoms with Crippen LogP contribution in [0.25, 0.3) is 10.2 Å². The summed E-state index contributed by atoms with van der Waals surface area (Å²) in [7, 11) is 0. The molecule has 4 rings (SSSR count). The molecule has 21 heavy (non-hydrogen) atoms. The van der Waals surface area contributed by atoms with Crippen LogP contribution in [-0.4, -0.2) is 21.4 Å². The Hall–Kier alpha value is -1.49. The van der Waals surface area contributed by atoms with Gasteiger partial charge in [-0.05, 0) is 17.5 Å². The number of hydrogen-bond acceptors (Lipinski definition) is 4. The summed E-state index contributed by atoms with van der Waals surface area (Å²) in [4.78, 5) is 13.4. The van der Waals surface area contributed by atoms with Crippen molar-refractivity contribution >= 4 is 33.2 Å². The van der Waals surface area contributed by atoms with E-state index < -0.39 is 0 Å². The molecule has 0 unspecified atom stereocenters. The molecule has 2 aromatic heterocycles. The number of nitrogens with zero attached hydrogens (tertiary/aromatic N) is 3. The molecular formula is C16H14ClN3S. The molecule has 106 valence electrons. The van der Waals surface area contributed by atoms with Crippen molar-refractivity contribution in [2.75, 3.05) is 6.54 Å². The van der Waals surface area contributed by atoms with Crippen LogP contribution in [0.3, 0.4) is 0 Å². The zero-order valence-electron chi connectivity index (χ0n) is 11.4. The third kappa shape index (κ3) is 2.44. The molecule has 0 radical (unpaired) electrons. The van der Waals surface area contributed by atoms with Crippen molar-refractivity contribution in [3.05, 3.63) is 57.8 Å². The molecule has 0 aliphatic carbocycles. The van der Waals surface area contributed by atoms with E-state index in [-0.39, 0.29) is 0 Å². The summed E-state index contributed by atoms with van der Waals surface area (Å²) in [5, 5.41) is 1.66. The van der Waals surface area contributed by atoms with Gasteiger partial charge in [0, 0.05) is 24.5 Å². The highest BCUT2D eigenvalue weighted by Gasteiger charge is 2.23. The van der Waals surface area contributed by atoms with E-state index in [4.69, 9.17) is 11.6 Å². The van der Waals surface area contributed by atoms with Crippen LogP contribution in [-0.2, 0) is 19.5 Å². The zero-order chi connectivity index (χ0) is 14.2. The van der Waals surface area contributed by atoms with Gasteiger partial charge in [0.1, 0.15) is 16.3 Å². The van der Waals surface area contributed by atoms with Crippen LogP contribution in [0.1, 0.15) is 16.0 Å². The molecule has 3 nitrogen and oxygen atoms in total. The second-order valence-corrected chi connectivity index (χ2v) is 6.74. The van der Waals surface area contributed by atoms with Crippen LogP contribution in [0, 0.1) is 0 Å². The quantitative estimate of drug-likeness (QED) is 0.672. The van der Waals surface area contributed by atoms with E-state index in [0.29, 0.717) is 5.15 Å². The van der Waals surface area contributed by atoms with Crippen molar-refractivity contribution in [1.82, 2.24) is 14.9 Å². The minimum atomic E-state index is 0.592. The Morgan fingerprint density at radius 1 is 1.19 bits per heavy atom. The third-order valence-corrected chi connectivity index (χ3v) is 5.33. The molecule has 0 amide bonds. The minimum Gasteiger partial charge on any atom is -0.294 e. The summed E-state index contributed by atoms with van der Waals surface area (Å²) >= 11 is 7.99. The molecule has 1 aromatic carbocycles. The second-order valence-electron chi connectivity index (χ2n) is 5.29. The lowest BCUT2D eigenvalue weighted by molar-refractivity contribution is 0.249. The largest absolute Gasteiger partial charge is 0.294 e. The van der Waals surface area contributed by atoms with Gasteiger partial charge in [0.05, 0.1) is 5.39 Å². The Morgan fingerprint density at radius 2 is 2.05 bits per heavy atom. The van der Waals surface area contributed by atoms with E-state index in [1.165, 1.54) is 16.0 Å². The van der Waals surface area contributed by atoms with Gasteiger partial charge in [-0.25, -0.2) is 9.97 Å². The van der Waals surface area contributed by atoms with Crippen molar-refractivity contribution in [2.45, 2.75) is 19.5 Å². The molecule has 0 atom stereocenters. The SMILES string of the molecule is Clc1ncnc2sc3c(c12)CCN(Cc1ccccc1)C3. The first kappa shape index (κ1) is 13.2. The summed E-state index contributed by atoms with van der Waals surface area (Å²) in [5.41, 5.74) is 2.71. The smallest absolute Gasteiger partial charge is 0.141 e. The zero-order valence-corrected chi connectivity index (χ0v) is 13.0. The second kappa shape index (κ2) is 5.37. The molecule has 0 saturated heterocycles. The molecule has 3 aromatic rings. The van der Waals surface area contributed by atoms with Gasteiger partial charge in [-0.15, -0.1) is 11.3 Å². The number of hydrogen-bond donors (Lipinski definition) is 0. The van der Waals surface area contributed by atoms with Crippen LogP contribution >= 0.6 is 22.9 Å². The summed E-state index contributed by atoms with van der Waals surface area (Å²) < 4.78 is 0. The van der Waals surface area contributed by atoms with Crippen molar-refractivity contribution in [2.24, 2.45) is 0 Å². The lowest BCUT2D eigenvalue weighted by atomic mass is 10.0. The van der Waals surface area contributed by atoms with Gasteiger partial charge >= 0.3 is 0 Å². The molecule has 1 aliphatic rings. The number of benzene rings is 1. The normalized spacial score (nSPS) is 15.3. The van der Waals surface area contributed by atoms with Crippen LogP contribution in [0.15, 0.2) is 36.7 Å². The summed E-state index contributed by atoms with van der Waals surface area (Å²) in [5.74, 6) is 0. The van der Waals surface area contributed by atoms with Gasteiger partial charge < -0.3 is 0 Å². The predicted octanol–water partition coefficient (Wildman–Crippen LogP) is 3.90.